The van der Waals surface area contributed by atoms with Gasteiger partial charge in [0.15, 0.2) is 0 Å². The van der Waals surface area contributed by atoms with Crippen LogP contribution in [-0.2, 0) is 17.8 Å². The topological polar surface area (TPSA) is 81.4 Å². The standard InChI is InChI=1S/C22H24N2O4/c1-15(25)7-8-17-9-11-19(12-10-17)28-14-18(26)13-24-16(2)23-21-6-4-3-5-20(21)22(24)27/h3-6,9-12,18,26H,7-8,13-14H2,1-2H3/t18-/m0/s1. The number of nitrogens with zero attached hydrogens (tertiary/aromatic N) is 2. The zero-order valence-corrected chi connectivity index (χ0v) is 16.1. The molecular formula is C22H24N2O4. The Morgan fingerprint density at radius 3 is 2.61 bits per heavy atom. The minimum absolute atomic E-state index is 0.0610. The maximum absolute atomic E-state index is 12.7. The average molecular weight is 380 g/mol. The van der Waals surface area contributed by atoms with E-state index in [9.17, 15) is 14.7 Å². The van der Waals surface area contributed by atoms with Crippen LogP contribution in [0.5, 0.6) is 5.75 Å². The number of Topliss-reactive ketones (excluding diaryl/α,β-unsaturated/α-hetero) is 1. The third kappa shape index (κ3) is 4.84. The first-order valence-electron chi connectivity index (χ1n) is 9.29. The minimum Gasteiger partial charge on any atom is -0.491 e. The van der Waals surface area contributed by atoms with E-state index in [1.165, 1.54) is 4.57 Å². The van der Waals surface area contributed by atoms with Crippen LogP contribution in [0.1, 0.15) is 24.7 Å². The van der Waals surface area contributed by atoms with Crippen LogP contribution in [0.4, 0.5) is 0 Å². The molecule has 0 aliphatic rings. The number of carbonyl (C=O) groups excluding carboxylic acids is 1. The van der Waals surface area contributed by atoms with Gasteiger partial charge in [0.25, 0.3) is 5.56 Å². The molecule has 6 nitrogen and oxygen atoms in total. The van der Waals surface area contributed by atoms with Gasteiger partial charge in [0.2, 0.25) is 0 Å². The Hall–Kier alpha value is -2.99. The van der Waals surface area contributed by atoms with Crippen molar-refractivity contribution in [2.45, 2.75) is 39.3 Å². The van der Waals surface area contributed by atoms with Crippen molar-refractivity contribution in [2.75, 3.05) is 6.61 Å². The van der Waals surface area contributed by atoms with Gasteiger partial charge in [-0.1, -0.05) is 24.3 Å². The first-order chi connectivity index (χ1) is 13.4. The van der Waals surface area contributed by atoms with E-state index in [0.29, 0.717) is 35.3 Å². The highest BCUT2D eigenvalue weighted by Gasteiger charge is 2.13. The lowest BCUT2D eigenvalue weighted by Gasteiger charge is -2.16. The van der Waals surface area contributed by atoms with Crippen LogP contribution in [0.15, 0.2) is 53.3 Å². The van der Waals surface area contributed by atoms with Gasteiger partial charge in [-0.2, -0.15) is 0 Å². The first kappa shape index (κ1) is 19.8. The van der Waals surface area contributed by atoms with Gasteiger partial charge in [-0.15, -0.1) is 0 Å². The number of carbonyl (C=O) groups is 1. The summed E-state index contributed by atoms with van der Waals surface area (Å²) in [5.74, 6) is 1.35. The fraction of sp³-hybridized carbons (Fsp3) is 0.318. The van der Waals surface area contributed by atoms with Gasteiger partial charge in [0.05, 0.1) is 17.4 Å². The summed E-state index contributed by atoms with van der Waals surface area (Å²) >= 11 is 0. The summed E-state index contributed by atoms with van der Waals surface area (Å²) in [6.45, 7) is 3.50. The largest absolute Gasteiger partial charge is 0.491 e. The highest BCUT2D eigenvalue weighted by atomic mass is 16.5. The molecule has 3 aromatic rings. The summed E-state index contributed by atoms with van der Waals surface area (Å²) in [6, 6.07) is 14.6. The van der Waals surface area contributed by atoms with Crippen LogP contribution in [0.2, 0.25) is 0 Å². The van der Waals surface area contributed by atoms with Crippen LogP contribution in [0, 0.1) is 6.92 Å². The number of ketones is 1. The van der Waals surface area contributed by atoms with Crippen molar-refractivity contribution >= 4 is 16.7 Å². The molecule has 146 valence electrons. The predicted octanol–water partition coefficient (Wildman–Crippen LogP) is 2.67. The number of ether oxygens (including phenoxy) is 1. The molecule has 1 N–H and O–H groups in total. The molecule has 0 saturated carbocycles. The summed E-state index contributed by atoms with van der Waals surface area (Å²) in [5.41, 5.74) is 1.54. The third-order valence-corrected chi connectivity index (χ3v) is 4.58. The summed E-state index contributed by atoms with van der Waals surface area (Å²) in [5, 5.41) is 10.9. The number of para-hydroxylation sites is 1. The lowest BCUT2D eigenvalue weighted by atomic mass is 10.1. The molecule has 28 heavy (non-hydrogen) atoms. The predicted molar refractivity (Wildman–Crippen MR) is 108 cm³/mol. The quantitative estimate of drug-likeness (QED) is 0.650. The van der Waals surface area contributed by atoms with Crippen LogP contribution in [0.3, 0.4) is 0 Å². The zero-order chi connectivity index (χ0) is 20.1. The smallest absolute Gasteiger partial charge is 0.261 e. The molecule has 0 saturated heterocycles. The number of aryl methyl sites for hydroxylation is 2. The molecule has 0 radical (unpaired) electrons. The van der Waals surface area contributed by atoms with E-state index in [-0.39, 0.29) is 24.5 Å². The van der Waals surface area contributed by atoms with E-state index < -0.39 is 6.10 Å². The maximum Gasteiger partial charge on any atom is 0.261 e. The lowest BCUT2D eigenvalue weighted by molar-refractivity contribution is -0.116. The zero-order valence-electron chi connectivity index (χ0n) is 16.1. The van der Waals surface area contributed by atoms with E-state index in [2.05, 4.69) is 4.98 Å². The van der Waals surface area contributed by atoms with Crippen molar-refractivity contribution in [3.8, 4) is 5.75 Å². The van der Waals surface area contributed by atoms with Gasteiger partial charge in [0, 0.05) is 6.42 Å². The highest BCUT2D eigenvalue weighted by Crippen LogP contribution is 2.14. The number of fused-ring (bicyclic) bond motifs is 1. The van der Waals surface area contributed by atoms with Crippen molar-refractivity contribution < 1.29 is 14.6 Å². The number of benzene rings is 2. The van der Waals surface area contributed by atoms with E-state index in [0.717, 1.165) is 5.56 Å². The maximum atomic E-state index is 12.7. The molecule has 0 amide bonds. The van der Waals surface area contributed by atoms with Gasteiger partial charge >= 0.3 is 0 Å². The number of hydrogen-bond acceptors (Lipinski definition) is 5. The van der Waals surface area contributed by atoms with E-state index >= 15 is 0 Å². The van der Waals surface area contributed by atoms with Gasteiger partial charge in [-0.05, 0) is 50.1 Å². The summed E-state index contributed by atoms with van der Waals surface area (Å²) in [4.78, 5) is 28.1. The van der Waals surface area contributed by atoms with Gasteiger partial charge in [0.1, 0.15) is 30.1 Å². The number of rotatable bonds is 8. The number of aliphatic hydroxyl groups excluding tert-OH is 1. The number of aliphatic hydroxyl groups is 1. The van der Waals surface area contributed by atoms with Crippen molar-refractivity contribution in [1.29, 1.82) is 0 Å². The SMILES string of the molecule is CC(=O)CCc1ccc(OC[C@@H](O)Cn2c(C)nc3ccccc3c2=O)cc1. The molecule has 3 rings (SSSR count). The molecule has 0 bridgehead atoms. The molecule has 0 aliphatic carbocycles. The molecule has 1 aromatic heterocycles. The number of hydrogen-bond donors (Lipinski definition) is 1. The Bertz CT molecular complexity index is 1020. The number of aromatic nitrogens is 2. The Balaban J connectivity index is 1.62. The minimum atomic E-state index is -0.850. The van der Waals surface area contributed by atoms with Crippen molar-refractivity contribution in [1.82, 2.24) is 9.55 Å². The molecule has 1 heterocycles. The molecule has 0 aliphatic heterocycles. The normalized spacial score (nSPS) is 12.1. The second-order valence-corrected chi connectivity index (χ2v) is 6.90. The third-order valence-electron chi connectivity index (χ3n) is 4.58. The van der Waals surface area contributed by atoms with E-state index in [1.807, 2.05) is 30.3 Å². The van der Waals surface area contributed by atoms with Crippen LogP contribution in [-0.4, -0.2) is 33.2 Å². The molecule has 6 heteroatoms. The Morgan fingerprint density at radius 2 is 1.89 bits per heavy atom. The second-order valence-electron chi connectivity index (χ2n) is 6.90. The molecule has 0 spiro atoms. The average Bonchev–Trinajstić information content (AvgIpc) is 2.68. The molecule has 1 atom stereocenters. The Morgan fingerprint density at radius 1 is 1.18 bits per heavy atom. The molecule has 0 unspecified atom stereocenters. The van der Waals surface area contributed by atoms with Crippen molar-refractivity contribution in [3.05, 3.63) is 70.3 Å². The van der Waals surface area contributed by atoms with Crippen molar-refractivity contribution in [3.63, 3.8) is 0 Å². The Labute approximate surface area is 163 Å². The second kappa shape index (κ2) is 8.80. The van der Waals surface area contributed by atoms with E-state index in [4.69, 9.17) is 4.74 Å². The summed E-state index contributed by atoms with van der Waals surface area (Å²) in [6.07, 6.45) is 0.374. The van der Waals surface area contributed by atoms with Crippen LogP contribution in [0.25, 0.3) is 10.9 Å². The molecule has 0 fully saturated rings. The van der Waals surface area contributed by atoms with E-state index in [1.54, 1.807) is 32.0 Å². The van der Waals surface area contributed by atoms with Gasteiger partial charge in [-0.25, -0.2) is 4.98 Å². The summed E-state index contributed by atoms with van der Waals surface area (Å²) < 4.78 is 7.11. The lowest BCUT2D eigenvalue weighted by Crippen LogP contribution is -2.32. The Kier molecular flexibility index (Phi) is 6.21. The van der Waals surface area contributed by atoms with Crippen molar-refractivity contribution in [2.24, 2.45) is 0 Å². The first-order valence-corrected chi connectivity index (χ1v) is 9.29. The van der Waals surface area contributed by atoms with Gasteiger partial charge in [-0.3, -0.25) is 9.36 Å². The monoisotopic (exact) mass is 380 g/mol. The van der Waals surface area contributed by atoms with Crippen LogP contribution < -0.4 is 10.3 Å². The van der Waals surface area contributed by atoms with Crippen LogP contribution >= 0.6 is 0 Å². The fourth-order valence-corrected chi connectivity index (χ4v) is 3.02. The van der Waals surface area contributed by atoms with Gasteiger partial charge < -0.3 is 14.6 Å². The highest BCUT2D eigenvalue weighted by molar-refractivity contribution is 5.77. The molecular weight excluding hydrogens is 356 g/mol. The molecule has 2 aromatic carbocycles. The summed E-state index contributed by atoms with van der Waals surface area (Å²) in [7, 11) is 0. The fourth-order valence-electron chi connectivity index (χ4n) is 3.02.